The van der Waals surface area contributed by atoms with Crippen molar-refractivity contribution in [3.8, 4) is 0 Å². The third kappa shape index (κ3) is 3.92. The fraction of sp³-hybridized carbons (Fsp3) is 0.125. The molecule has 1 N–H and O–H groups in total. The normalized spacial score (nSPS) is 11.2. The quantitative estimate of drug-likeness (QED) is 0.526. The third-order valence-electron chi connectivity index (χ3n) is 3.26. The van der Waals surface area contributed by atoms with Crippen LogP contribution in [0.3, 0.4) is 0 Å². The highest BCUT2D eigenvalue weighted by Gasteiger charge is 2.14. The van der Waals surface area contributed by atoms with Gasteiger partial charge in [-0.1, -0.05) is 35.9 Å². The van der Waals surface area contributed by atoms with E-state index in [0.717, 1.165) is 0 Å². The molecule has 0 aliphatic rings. The number of benzene rings is 2. The Hall–Kier alpha value is -2.73. The first-order chi connectivity index (χ1) is 10.9. The van der Waals surface area contributed by atoms with Crippen LogP contribution in [0.25, 0.3) is 0 Å². The molecule has 1 amide bonds. The van der Waals surface area contributed by atoms with Gasteiger partial charge >= 0.3 is 0 Å². The summed E-state index contributed by atoms with van der Waals surface area (Å²) in [6.45, 7) is 3.32. The van der Waals surface area contributed by atoms with Crippen LogP contribution in [-0.2, 0) is 0 Å². The number of amides is 1. The molecule has 6 nitrogen and oxygen atoms in total. The number of hydrogen-bond donors (Lipinski definition) is 1. The fourth-order valence-electron chi connectivity index (χ4n) is 1.96. The van der Waals surface area contributed by atoms with Crippen LogP contribution in [0.4, 0.5) is 5.69 Å². The number of halogens is 1. The number of rotatable bonds is 4. The number of nitro groups is 1. The highest BCUT2D eigenvalue weighted by molar-refractivity contribution is 6.34. The molecule has 0 unspecified atom stereocenters. The van der Waals surface area contributed by atoms with Crippen molar-refractivity contribution < 1.29 is 9.72 Å². The molecule has 0 saturated carbocycles. The van der Waals surface area contributed by atoms with Gasteiger partial charge in [0.2, 0.25) is 0 Å². The van der Waals surface area contributed by atoms with Crippen molar-refractivity contribution in [2.75, 3.05) is 0 Å². The molecule has 0 heterocycles. The molecular formula is C16H14ClN3O3. The lowest BCUT2D eigenvalue weighted by atomic mass is 10.1. The molecule has 7 heteroatoms. The van der Waals surface area contributed by atoms with Gasteiger partial charge in [-0.2, -0.15) is 5.10 Å². The van der Waals surface area contributed by atoms with Gasteiger partial charge in [0.05, 0.1) is 10.6 Å². The monoisotopic (exact) mass is 331 g/mol. The van der Waals surface area contributed by atoms with Gasteiger partial charge in [-0.25, -0.2) is 5.43 Å². The number of nitro benzene ring substituents is 1. The van der Waals surface area contributed by atoms with E-state index in [1.54, 1.807) is 32.0 Å². The lowest BCUT2D eigenvalue weighted by Crippen LogP contribution is -2.19. The van der Waals surface area contributed by atoms with Crippen LogP contribution in [0, 0.1) is 17.0 Å². The highest BCUT2D eigenvalue weighted by Crippen LogP contribution is 2.19. The van der Waals surface area contributed by atoms with Crippen LogP contribution in [0.15, 0.2) is 47.6 Å². The molecule has 0 radical (unpaired) electrons. The maximum absolute atomic E-state index is 12.1. The van der Waals surface area contributed by atoms with Crippen molar-refractivity contribution >= 4 is 28.9 Å². The zero-order chi connectivity index (χ0) is 17.0. The number of aryl methyl sites for hydroxylation is 1. The van der Waals surface area contributed by atoms with Crippen LogP contribution in [0.5, 0.6) is 0 Å². The molecule has 0 saturated heterocycles. The number of nitrogens with zero attached hydrogens (tertiary/aromatic N) is 2. The zero-order valence-electron chi connectivity index (χ0n) is 12.5. The first kappa shape index (κ1) is 16.6. The Kier molecular flexibility index (Phi) is 5.08. The number of carbonyl (C=O) groups excluding carboxylic acids is 1. The van der Waals surface area contributed by atoms with E-state index < -0.39 is 10.8 Å². The average molecular weight is 332 g/mol. The van der Waals surface area contributed by atoms with Crippen LogP contribution >= 0.6 is 11.6 Å². The summed E-state index contributed by atoms with van der Waals surface area (Å²) in [6.07, 6.45) is 0. The Balaban J connectivity index is 2.20. The van der Waals surface area contributed by atoms with E-state index in [4.69, 9.17) is 11.6 Å². The number of hydrogen-bond acceptors (Lipinski definition) is 4. The fourth-order valence-corrected chi connectivity index (χ4v) is 2.23. The van der Waals surface area contributed by atoms with Gasteiger partial charge in [0.15, 0.2) is 0 Å². The molecule has 0 aromatic heterocycles. The second kappa shape index (κ2) is 7.02. The lowest BCUT2D eigenvalue weighted by Gasteiger charge is -2.05. The summed E-state index contributed by atoms with van der Waals surface area (Å²) in [5, 5.41) is 15.4. The second-order valence-electron chi connectivity index (χ2n) is 4.88. The largest absolute Gasteiger partial charge is 0.273 e. The lowest BCUT2D eigenvalue weighted by molar-refractivity contribution is -0.385. The Morgan fingerprint density at radius 2 is 1.96 bits per heavy atom. The van der Waals surface area contributed by atoms with Gasteiger partial charge in [0, 0.05) is 27.8 Å². The standard InChI is InChI=1S/C16H14ClN3O3/c1-10-7-8-12(9-15(10)20(22)23)16(21)19-18-11(2)13-5-3-4-6-14(13)17/h3-9H,1-2H3,(H,19,21). The third-order valence-corrected chi connectivity index (χ3v) is 3.59. The van der Waals surface area contributed by atoms with Crippen molar-refractivity contribution in [3.05, 3.63) is 74.3 Å². The predicted octanol–water partition coefficient (Wildman–Crippen LogP) is 3.71. The highest BCUT2D eigenvalue weighted by atomic mass is 35.5. The SMILES string of the molecule is CC(=NNC(=O)c1ccc(C)c([N+](=O)[O-])c1)c1ccccc1Cl. The first-order valence-electron chi connectivity index (χ1n) is 6.74. The topological polar surface area (TPSA) is 84.6 Å². The Labute approximate surface area is 137 Å². The summed E-state index contributed by atoms with van der Waals surface area (Å²) in [5.41, 5.74) is 4.16. The van der Waals surface area contributed by atoms with Crippen LogP contribution in [0.2, 0.25) is 5.02 Å². The van der Waals surface area contributed by atoms with E-state index in [1.807, 2.05) is 6.07 Å². The summed E-state index contributed by atoms with van der Waals surface area (Å²) >= 11 is 6.06. The van der Waals surface area contributed by atoms with Crippen molar-refractivity contribution in [1.82, 2.24) is 5.43 Å². The molecule has 0 atom stereocenters. The van der Waals surface area contributed by atoms with Crippen molar-refractivity contribution in [2.24, 2.45) is 5.10 Å². The van der Waals surface area contributed by atoms with Crippen LogP contribution < -0.4 is 5.43 Å². The maximum atomic E-state index is 12.1. The molecule has 23 heavy (non-hydrogen) atoms. The summed E-state index contributed by atoms with van der Waals surface area (Å²) in [5.74, 6) is -0.528. The summed E-state index contributed by atoms with van der Waals surface area (Å²) in [4.78, 5) is 22.5. The zero-order valence-corrected chi connectivity index (χ0v) is 13.3. The van der Waals surface area contributed by atoms with Gasteiger partial charge in [-0.3, -0.25) is 14.9 Å². The summed E-state index contributed by atoms with van der Waals surface area (Å²) in [7, 11) is 0. The van der Waals surface area contributed by atoms with Crippen molar-refractivity contribution in [3.63, 3.8) is 0 Å². The van der Waals surface area contributed by atoms with E-state index >= 15 is 0 Å². The van der Waals surface area contributed by atoms with Crippen LogP contribution in [0.1, 0.15) is 28.4 Å². The van der Waals surface area contributed by atoms with E-state index in [0.29, 0.717) is 21.9 Å². The van der Waals surface area contributed by atoms with E-state index in [9.17, 15) is 14.9 Å². The minimum atomic E-state index is -0.528. The number of carbonyl (C=O) groups is 1. The van der Waals surface area contributed by atoms with E-state index in [2.05, 4.69) is 10.5 Å². The minimum Gasteiger partial charge on any atom is -0.267 e. The summed E-state index contributed by atoms with van der Waals surface area (Å²) in [6, 6.07) is 11.4. The Morgan fingerprint density at radius 1 is 1.26 bits per heavy atom. The van der Waals surface area contributed by atoms with Gasteiger partial charge in [-0.05, 0) is 26.0 Å². The molecule has 0 aliphatic heterocycles. The van der Waals surface area contributed by atoms with Gasteiger partial charge in [-0.15, -0.1) is 0 Å². The molecule has 0 aliphatic carbocycles. The second-order valence-corrected chi connectivity index (χ2v) is 5.28. The van der Waals surface area contributed by atoms with Gasteiger partial charge in [0.1, 0.15) is 0 Å². The summed E-state index contributed by atoms with van der Waals surface area (Å²) < 4.78 is 0. The van der Waals surface area contributed by atoms with Crippen molar-refractivity contribution in [2.45, 2.75) is 13.8 Å². The average Bonchev–Trinajstić information content (AvgIpc) is 2.52. The predicted molar refractivity (Wildman–Crippen MR) is 89.0 cm³/mol. The van der Waals surface area contributed by atoms with E-state index in [-0.39, 0.29) is 11.3 Å². The minimum absolute atomic E-state index is 0.107. The van der Waals surface area contributed by atoms with Crippen LogP contribution in [-0.4, -0.2) is 16.5 Å². The molecule has 2 aromatic rings. The molecule has 2 rings (SSSR count). The van der Waals surface area contributed by atoms with Gasteiger partial charge in [0.25, 0.3) is 11.6 Å². The molecule has 0 fully saturated rings. The molecule has 2 aromatic carbocycles. The number of nitrogens with one attached hydrogen (secondary N) is 1. The van der Waals surface area contributed by atoms with Crippen molar-refractivity contribution in [1.29, 1.82) is 0 Å². The Bertz CT molecular complexity index is 803. The number of hydrazone groups is 1. The molecular weight excluding hydrogens is 318 g/mol. The Morgan fingerprint density at radius 3 is 2.61 bits per heavy atom. The molecule has 118 valence electrons. The first-order valence-corrected chi connectivity index (χ1v) is 7.12. The molecule has 0 spiro atoms. The maximum Gasteiger partial charge on any atom is 0.273 e. The smallest absolute Gasteiger partial charge is 0.267 e. The molecule has 0 bridgehead atoms. The van der Waals surface area contributed by atoms with Gasteiger partial charge < -0.3 is 0 Å². The van der Waals surface area contributed by atoms with E-state index in [1.165, 1.54) is 18.2 Å².